The van der Waals surface area contributed by atoms with Crippen molar-refractivity contribution < 1.29 is 32.0 Å². The standard InChI is InChI=1S/C112H64N19/c113-109-117-40-31-82-81(32-42-121-106(82)90-22-6-14-64-50-73-54-71-47-61-11-3-19-87-96(61)126(71)110(121,128(73)99(64)90)118-38-28-67-57-114-35-25-77(67)102(87)118)104(117)86-18-2-10-60-46-70(125(109)95(60)86)53-69-45-59-9-1-17-85(94(59)124(69)109)93-79-30-41-120-105(80(79)27-37-116-93)89-21-5-13-63-49-75-56-76-52-66-16-8-24-92-101(66)131(76)112(120,130(75)98(63)89)123-44-34-83-84(108(92)123)33-43-122-107(83)91-23-7-15-65-51-74-55-72-48-62-12-4-20-88-97(62)127(72)111(122,129(74)100(65)91)119-39-29-68-58-115-36-26-78(68)103(88)119/h1-52,57-58H,53-56,113H2/q+7. The van der Waals surface area contributed by atoms with Gasteiger partial charge in [-0.05, 0) is 109 Å². The molecule has 4 unspecified atom stereocenters. The third-order valence-corrected chi connectivity index (χ3v) is 32.9. The molecule has 37 rings (SSSR count). The molecule has 4 atom stereocenters. The second kappa shape index (κ2) is 20.4. The van der Waals surface area contributed by atoms with Crippen molar-refractivity contribution in [2.45, 2.75) is 49.3 Å². The van der Waals surface area contributed by atoms with Crippen molar-refractivity contribution in [2.24, 2.45) is 5.73 Å². The molecule has 0 radical (unpaired) electrons. The SMILES string of the molecule is NC12n3c(cc4cccc(-c5nccc6c7[n+](ccc56)C56n8c(cc9cccc-7c98)Cc7cc8cccc(c8n75)-c5c7cc[n+]8c(c7cc[n+]56)-c5cccc6cc7n(c56)C85n6c(cc8cccc(c86)-c6c8ccncc8cc[n+]65)C7)c43)Cc3cc4cccc(c4n31)-c1c3cc[n+]4c(c3cc[n+]12)-c1cccc2cc3n(c12)C41n2c(cc4cccc(c42)-c2c4ccncc4cc[n+]21)C3. The van der Waals surface area contributed by atoms with Crippen LogP contribution in [-0.4, -0.2) is 51.5 Å². The minimum absolute atomic E-state index is 0.668. The van der Waals surface area contributed by atoms with Crippen LogP contribution in [0.3, 0.4) is 0 Å². The molecule has 0 amide bonds. The molecule has 131 heavy (non-hydrogen) atoms. The van der Waals surface area contributed by atoms with E-state index in [2.05, 4.69) is 378 Å². The number of hydrogen-bond donors (Lipinski definition) is 1. The van der Waals surface area contributed by atoms with Crippen LogP contribution in [-0.2, 0) is 49.3 Å². The molecule has 0 aliphatic carbocycles. The molecule has 11 aliphatic rings. The predicted octanol–water partition coefficient (Wildman–Crippen LogP) is 16.7. The van der Waals surface area contributed by atoms with E-state index in [0.29, 0.717) is 6.42 Å². The Bertz CT molecular complexity index is 10400. The second-order valence-corrected chi connectivity index (χ2v) is 38.4. The molecule has 18 aromatic heterocycles. The van der Waals surface area contributed by atoms with E-state index in [1.165, 1.54) is 161 Å². The van der Waals surface area contributed by atoms with Crippen molar-refractivity contribution in [3.63, 3.8) is 0 Å². The number of nitrogens with two attached hydrogens (primary N) is 1. The van der Waals surface area contributed by atoms with Crippen molar-refractivity contribution in [3.05, 3.63) is 375 Å². The lowest BCUT2D eigenvalue weighted by Crippen LogP contribution is -2.84. The van der Waals surface area contributed by atoms with Crippen molar-refractivity contribution in [1.82, 2.24) is 51.5 Å². The third kappa shape index (κ3) is 6.44. The molecule has 0 bridgehead atoms. The Kier molecular flexibility index (Phi) is 10.1. The van der Waals surface area contributed by atoms with Crippen LogP contribution < -0.4 is 37.7 Å². The first-order valence-electron chi connectivity index (χ1n) is 45.6. The summed E-state index contributed by atoms with van der Waals surface area (Å²) in [4.78, 5) is 15.1. The molecule has 29 heterocycles. The maximum absolute atomic E-state index is 8.96. The molecular formula is C112H64N19+7. The van der Waals surface area contributed by atoms with Gasteiger partial charge in [-0.3, -0.25) is 15.0 Å². The number of benzene rings is 8. The molecule has 0 saturated heterocycles. The van der Waals surface area contributed by atoms with Gasteiger partial charge in [0.05, 0.1) is 126 Å². The lowest BCUT2D eigenvalue weighted by molar-refractivity contribution is -1.00. The van der Waals surface area contributed by atoms with Crippen molar-refractivity contribution in [2.75, 3.05) is 0 Å². The number of pyridine rings is 10. The molecule has 2 N–H and O–H groups in total. The fourth-order valence-corrected chi connectivity index (χ4v) is 28.8. The highest BCUT2D eigenvalue weighted by atomic mass is 15.6. The van der Waals surface area contributed by atoms with E-state index in [4.69, 9.17) is 15.7 Å². The van der Waals surface area contributed by atoms with Crippen LogP contribution >= 0.6 is 0 Å². The van der Waals surface area contributed by atoms with Crippen molar-refractivity contribution in [1.29, 1.82) is 0 Å². The summed E-state index contributed by atoms with van der Waals surface area (Å²) in [6, 6.07) is 98.2. The Balaban J connectivity index is 0.578. The fraction of sp³-hybridized carbons (Fsp3) is 0.0714. The highest BCUT2D eigenvalue weighted by Gasteiger charge is 2.72. The molecular weight excluding hydrogens is 1610 g/mol. The summed E-state index contributed by atoms with van der Waals surface area (Å²) in [6.07, 6.45) is 29.7. The molecule has 8 aromatic carbocycles. The van der Waals surface area contributed by atoms with Crippen LogP contribution in [0.1, 0.15) is 45.6 Å². The first kappa shape index (κ1) is 64.6. The average Bonchev–Trinajstić information content (AvgIpc) is 1.54. The lowest BCUT2D eigenvalue weighted by atomic mass is 9.93. The zero-order chi connectivity index (χ0) is 83.7. The first-order chi connectivity index (χ1) is 64.8. The largest absolute Gasteiger partial charge is 0.552 e. The number of nitrogens with zero attached hydrogens (tertiary/aromatic N) is 18. The maximum Gasteiger partial charge on any atom is 0.552 e. The third-order valence-electron chi connectivity index (χ3n) is 32.9. The molecule has 11 aliphatic heterocycles. The van der Waals surface area contributed by atoms with Gasteiger partial charge in [-0.15, -0.1) is 4.57 Å². The van der Waals surface area contributed by atoms with Crippen molar-refractivity contribution in [3.8, 4) is 90.1 Å². The topological polar surface area (TPSA) is 131 Å². The van der Waals surface area contributed by atoms with E-state index in [1.54, 1.807) is 0 Å². The summed E-state index contributed by atoms with van der Waals surface area (Å²) >= 11 is 0. The number of rotatable bonds is 1. The summed E-state index contributed by atoms with van der Waals surface area (Å²) in [6.45, 7) is 0. The molecule has 600 valence electrons. The van der Waals surface area contributed by atoms with E-state index in [1.807, 2.05) is 24.8 Å². The summed E-state index contributed by atoms with van der Waals surface area (Å²) in [7, 11) is 0. The Labute approximate surface area is 739 Å². The fourth-order valence-electron chi connectivity index (χ4n) is 28.8. The molecule has 19 heteroatoms. The Morgan fingerprint density at radius 3 is 0.779 bits per heavy atom. The predicted molar refractivity (Wildman–Crippen MR) is 499 cm³/mol. The van der Waals surface area contributed by atoms with Gasteiger partial charge in [0.15, 0.2) is 43.4 Å². The van der Waals surface area contributed by atoms with Gasteiger partial charge in [0.2, 0.25) is 39.9 Å². The molecule has 0 saturated carbocycles. The Hall–Kier alpha value is -17.2. The Morgan fingerprint density at radius 2 is 0.458 bits per heavy atom. The van der Waals surface area contributed by atoms with E-state index in [0.717, 1.165) is 135 Å². The van der Waals surface area contributed by atoms with Crippen LogP contribution in [0.15, 0.2) is 329 Å². The van der Waals surface area contributed by atoms with E-state index >= 15 is 0 Å². The van der Waals surface area contributed by atoms with Crippen molar-refractivity contribution >= 4 is 141 Å². The lowest BCUT2D eigenvalue weighted by Gasteiger charge is -2.39. The van der Waals surface area contributed by atoms with Crippen LogP contribution in [0, 0.1) is 0 Å². The zero-order valence-electron chi connectivity index (χ0n) is 69.6. The molecule has 0 fully saturated rings. The van der Waals surface area contributed by atoms with Gasteiger partial charge in [-0.2, -0.15) is 0 Å². The summed E-state index contributed by atoms with van der Waals surface area (Å²) in [5.41, 5.74) is 46.5. The monoisotopic (exact) mass is 1670 g/mol. The smallest absolute Gasteiger partial charge is 0.264 e. The minimum Gasteiger partial charge on any atom is -0.264 e. The molecule has 26 aromatic rings. The number of para-hydroxylation sites is 8. The van der Waals surface area contributed by atoms with Gasteiger partial charge in [0, 0.05) is 209 Å². The summed E-state index contributed by atoms with van der Waals surface area (Å²) < 4.78 is 39.2. The first-order valence-corrected chi connectivity index (χ1v) is 45.6. The summed E-state index contributed by atoms with van der Waals surface area (Å²) in [5, 5.41) is 20.9. The van der Waals surface area contributed by atoms with Crippen LogP contribution in [0.5, 0.6) is 0 Å². The van der Waals surface area contributed by atoms with Gasteiger partial charge < -0.3 is 0 Å². The normalized spacial score (nSPS) is 19.0. The average molecular weight is 1680 g/mol. The molecule has 3 spiro atoms. The quantitative estimate of drug-likeness (QED) is 0.164. The van der Waals surface area contributed by atoms with Gasteiger partial charge >= 0.3 is 23.6 Å². The van der Waals surface area contributed by atoms with E-state index < -0.39 is 23.6 Å². The highest BCUT2D eigenvalue weighted by molar-refractivity contribution is 6.15. The zero-order valence-corrected chi connectivity index (χ0v) is 69.6. The Morgan fingerprint density at radius 1 is 0.221 bits per heavy atom. The number of fused-ring (bicyclic) bond motifs is 31. The second-order valence-electron chi connectivity index (χ2n) is 38.4. The molecule has 19 nitrogen and oxygen atoms in total. The van der Waals surface area contributed by atoms with Gasteiger partial charge in [-0.1, -0.05) is 131 Å². The van der Waals surface area contributed by atoms with Gasteiger partial charge in [0.1, 0.15) is 0 Å². The van der Waals surface area contributed by atoms with Crippen LogP contribution in [0.4, 0.5) is 0 Å². The van der Waals surface area contributed by atoms with Gasteiger partial charge in [-0.25, -0.2) is 42.3 Å². The van der Waals surface area contributed by atoms with Crippen LogP contribution in [0.2, 0.25) is 0 Å². The van der Waals surface area contributed by atoms with E-state index in [9.17, 15) is 0 Å². The van der Waals surface area contributed by atoms with Crippen LogP contribution in [0.25, 0.3) is 231 Å². The number of hydrogen-bond acceptors (Lipinski definition) is 4. The highest BCUT2D eigenvalue weighted by Crippen LogP contribution is 2.57. The van der Waals surface area contributed by atoms with E-state index in [-0.39, 0.29) is 0 Å². The number of aromatic nitrogens is 18. The maximum atomic E-state index is 8.96. The summed E-state index contributed by atoms with van der Waals surface area (Å²) in [5.74, 6) is -4.29. The minimum atomic E-state index is -1.35. The van der Waals surface area contributed by atoms with Gasteiger partial charge in [0.25, 0.3) is 0 Å².